The molecule has 1 N–H and O–H groups in total. The first-order chi connectivity index (χ1) is 14.0. The molecule has 2 aliphatic rings. The predicted octanol–water partition coefficient (Wildman–Crippen LogP) is 3.94. The maximum atomic E-state index is 13.1. The average molecular weight is 493 g/mol. The molecule has 3 atom stereocenters. The summed E-state index contributed by atoms with van der Waals surface area (Å²) in [6, 6.07) is 6.18. The standard InChI is InChI=1S/C19H21BrN6OS2/c1-25(2)19-22-17-13(29-19)7-14(28-17)18(27)26-8-10-3-4-12(11(10)9-26)21-16-6-5-15(20)23-24-16/h5-7,10-12H,3-4,8-9H2,1-2H3,(H,21,24)/t10-,11+,12+/m0/s1. The van der Waals surface area contributed by atoms with Gasteiger partial charge >= 0.3 is 0 Å². The van der Waals surface area contributed by atoms with Gasteiger partial charge < -0.3 is 15.1 Å². The lowest BCUT2D eigenvalue weighted by atomic mass is 9.98. The molecule has 0 bridgehead atoms. The zero-order chi connectivity index (χ0) is 20.1. The van der Waals surface area contributed by atoms with Crippen molar-refractivity contribution < 1.29 is 4.79 Å². The number of thiophene rings is 1. The molecule has 0 aromatic carbocycles. The fraction of sp³-hybridized carbons (Fsp3) is 0.474. The maximum Gasteiger partial charge on any atom is 0.264 e. The minimum absolute atomic E-state index is 0.142. The number of likely N-dealkylation sites (tertiary alicyclic amines) is 1. The molecule has 4 heterocycles. The maximum absolute atomic E-state index is 13.1. The number of aromatic nitrogens is 3. The van der Waals surface area contributed by atoms with Crippen LogP contribution in [0.1, 0.15) is 22.5 Å². The van der Waals surface area contributed by atoms with Crippen LogP contribution < -0.4 is 10.2 Å². The van der Waals surface area contributed by atoms with Gasteiger partial charge in [0.2, 0.25) is 0 Å². The summed E-state index contributed by atoms with van der Waals surface area (Å²) in [6.45, 7) is 1.64. The molecule has 7 nitrogen and oxygen atoms in total. The molecule has 2 fully saturated rings. The number of nitrogens with one attached hydrogen (secondary N) is 1. The van der Waals surface area contributed by atoms with Crippen LogP contribution in [0.3, 0.4) is 0 Å². The van der Waals surface area contributed by atoms with Gasteiger partial charge in [0.05, 0.1) is 9.58 Å². The molecule has 0 radical (unpaired) electrons. The van der Waals surface area contributed by atoms with E-state index in [2.05, 4.69) is 36.4 Å². The van der Waals surface area contributed by atoms with Crippen molar-refractivity contribution in [1.29, 1.82) is 0 Å². The number of halogens is 1. The lowest BCUT2D eigenvalue weighted by molar-refractivity contribution is 0.0785. The van der Waals surface area contributed by atoms with Crippen molar-refractivity contribution in [3.05, 3.63) is 27.7 Å². The first kappa shape index (κ1) is 19.2. The van der Waals surface area contributed by atoms with E-state index in [0.717, 1.165) is 55.9 Å². The fourth-order valence-electron chi connectivity index (χ4n) is 4.37. The molecule has 29 heavy (non-hydrogen) atoms. The molecule has 152 valence electrons. The Hall–Kier alpha value is -1.78. The van der Waals surface area contributed by atoms with Crippen LogP contribution in [0.15, 0.2) is 22.8 Å². The van der Waals surface area contributed by atoms with Gasteiger partial charge in [0.25, 0.3) is 5.91 Å². The van der Waals surface area contributed by atoms with Gasteiger partial charge in [0, 0.05) is 39.1 Å². The molecule has 1 saturated heterocycles. The average Bonchev–Trinajstić information content (AvgIpc) is 3.43. The summed E-state index contributed by atoms with van der Waals surface area (Å²) in [5.74, 6) is 1.96. The van der Waals surface area contributed by atoms with Crippen molar-refractivity contribution in [1.82, 2.24) is 20.1 Å². The number of amides is 1. The second-order valence-corrected chi connectivity index (χ2v) is 10.7. The molecular weight excluding hydrogens is 472 g/mol. The molecule has 1 saturated carbocycles. The van der Waals surface area contributed by atoms with Gasteiger partial charge in [0.15, 0.2) is 5.13 Å². The van der Waals surface area contributed by atoms with E-state index in [9.17, 15) is 4.79 Å². The Bertz CT molecular complexity index is 1020. The second-order valence-electron chi connectivity index (χ2n) is 7.87. The van der Waals surface area contributed by atoms with Crippen molar-refractivity contribution in [2.45, 2.75) is 18.9 Å². The summed E-state index contributed by atoms with van der Waals surface area (Å²) in [5, 5.41) is 12.8. The summed E-state index contributed by atoms with van der Waals surface area (Å²) >= 11 is 6.46. The quantitative estimate of drug-likeness (QED) is 0.594. The van der Waals surface area contributed by atoms with Crippen molar-refractivity contribution in [2.24, 2.45) is 11.8 Å². The minimum atomic E-state index is 0.142. The molecule has 0 unspecified atom stereocenters. The minimum Gasteiger partial charge on any atom is -0.365 e. The third-order valence-electron chi connectivity index (χ3n) is 5.78. The van der Waals surface area contributed by atoms with Crippen LogP contribution in [-0.2, 0) is 0 Å². The number of thiazole rings is 1. The van der Waals surface area contributed by atoms with Crippen LogP contribution in [-0.4, -0.2) is 59.2 Å². The smallest absolute Gasteiger partial charge is 0.264 e. The lowest BCUT2D eigenvalue weighted by Gasteiger charge is -2.21. The highest BCUT2D eigenvalue weighted by Crippen LogP contribution is 2.41. The van der Waals surface area contributed by atoms with Crippen LogP contribution in [0.4, 0.5) is 10.9 Å². The highest BCUT2D eigenvalue weighted by atomic mass is 79.9. The van der Waals surface area contributed by atoms with Crippen LogP contribution in [0.5, 0.6) is 0 Å². The van der Waals surface area contributed by atoms with Gasteiger partial charge in [-0.3, -0.25) is 4.79 Å². The summed E-state index contributed by atoms with van der Waals surface area (Å²) in [6.07, 6.45) is 2.25. The normalized spacial score (nSPS) is 23.6. The molecule has 1 amide bonds. The van der Waals surface area contributed by atoms with E-state index in [4.69, 9.17) is 0 Å². The largest absolute Gasteiger partial charge is 0.365 e. The second kappa shape index (κ2) is 7.48. The number of fused-ring (bicyclic) bond motifs is 2. The van der Waals surface area contributed by atoms with E-state index >= 15 is 0 Å². The molecule has 0 spiro atoms. The number of carbonyl (C=O) groups is 1. The van der Waals surface area contributed by atoms with E-state index in [1.807, 2.05) is 42.1 Å². The molecule has 5 rings (SSSR count). The molecular formula is C19H21BrN6OS2. The van der Waals surface area contributed by atoms with Crippen molar-refractivity contribution in [3.8, 4) is 0 Å². The number of nitrogens with zero attached hydrogens (tertiary/aromatic N) is 5. The molecule has 3 aromatic heterocycles. The van der Waals surface area contributed by atoms with E-state index in [-0.39, 0.29) is 5.91 Å². The Morgan fingerprint density at radius 1 is 1.24 bits per heavy atom. The van der Waals surface area contributed by atoms with Crippen LogP contribution in [0, 0.1) is 11.8 Å². The molecule has 10 heteroatoms. The SMILES string of the molecule is CN(C)c1nc2sc(C(=O)N3C[C@@H]4CC[C@@H](Nc5ccc(Br)nn5)[C@@H]4C3)cc2s1. The first-order valence-corrected chi connectivity index (χ1v) is 12.0. The van der Waals surface area contributed by atoms with Crippen molar-refractivity contribution >= 4 is 65.0 Å². The van der Waals surface area contributed by atoms with E-state index in [1.54, 1.807) is 11.3 Å². The number of rotatable bonds is 4. The Kier molecular flexibility index (Phi) is 4.95. The van der Waals surface area contributed by atoms with Gasteiger partial charge in [-0.1, -0.05) is 11.3 Å². The molecule has 1 aliphatic carbocycles. The van der Waals surface area contributed by atoms with Gasteiger partial charge in [0.1, 0.15) is 15.3 Å². The fourth-order valence-corrected chi connectivity index (χ4v) is 6.68. The molecule has 3 aromatic rings. The Balaban J connectivity index is 1.28. The topological polar surface area (TPSA) is 74.2 Å². The monoisotopic (exact) mass is 492 g/mol. The number of anilines is 2. The summed E-state index contributed by atoms with van der Waals surface area (Å²) in [5.41, 5.74) is 0. The zero-order valence-electron chi connectivity index (χ0n) is 16.1. The highest BCUT2D eigenvalue weighted by molar-refractivity contribution is 9.10. The number of hydrogen-bond acceptors (Lipinski definition) is 8. The van der Waals surface area contributed by atoms with Crippen LogP contribution in [0.2, 0.25) is 0 Å². The summed E-state index contributed by atoms with van der Waals surface area (Å²) in [7, 11) is 3.98. The number of carbonyl (C=O) groups excluding carboxylic acids is 1. The predicted molar refractivity (Wildman–Crippen MR) is 121 cm³/mol. The van der Waals surface area contributed by atoms with Gasteiger partial charge in [-0.25, -0.2) is 4.98 Å². The van der Waals surface area contributed by atoms with Crippen LogP contribution in [0.25, 0.3) is 9.53 Å². The first-order valence-electron chi connectivity index (χ1n) is 9.60. The van der Waals surface area contributed by atoms with E-state index < -0.39 is 0 Å². The summed E-state index contributed by atoms with van der Waals surface area (Å²) in [4.78, 5) is 23.5. The zero-order valence-corrected chi connectivity index (χ0v) is 19.4. The van der Waals surface area contributed by atoms with Crippen molar-refractivity contribution in [3.63, 3.8) is 0 Å². The van der Waals surface area contributed by atoms with Gasteiger partial charge in [-0.2, -0.15) is 0 Å². The van der Waals surface area contributed by atoms with Crippen molar-refractivity contribution in [2.75, 3.05) is 37.4 Å². The van der Waals surface area contributed by atoms with Crippen LogP contribution >= 0.6 is 38.6 Å². The Labute approximate surface area is 185 Å². The van der Waals surface area contributed by atoms with E-state index in [1.165, 1.54) is 11.3 Å². The third kappa shape index (κ3) is 3.62. The Morgan fingerprint density at radius 2 is 2.10 bits per heavy atom. The lowest BCUT2D eigenvalue weighted by Crippen LogP contribution is -2.33. The van der Waals surface area contributed by atoms with Gasteiger partial charge in [-0.15, -0.1) is 21.5 Å². The number of hydrogen-bond donors (Lipinski definition) is 1. The molecule has 1 aliphatic heterocycles. The summed E-state index contributed by atoms with van der Waals surface area (Å²) < 4.78 is 1.82. The highest BCUT2D eigenvalue weighted by Gasteiger charge is 2.44. The Morgan fingerprint density at radius 3 is 2.83 bits per heavy atom. The third-order valence-corrected chi connectivity index (χ3v) is 8.52. The van der Waals surface area contributed by atoms with Gasteiger partial charge in [-0.05, 0) is 52.9 Å². The van der Waals surface area contributed by atoms with E-state index in [0.29, 0.717) is 17.9 Å².